The van der Waals surface area contributed by atoms with Gasteiger partial charge in [0, 0.05) is 10.5 Å². The highest BCUT2D eigenvalue weighted by Gasteiger charge is 2.27. The molecule has 0 bridgehead atoms. The van der Waals surface area contributed by atoms with Crippen molar-refractivity contribution in [3.8, 4) is 0 Å². The smallest absolute Gasteiger partial charge is 0.229 e. The zero-order valence-electron chi connectivity index (χ0n) is 16.2. The molecule has 0 spiro atoms. The van der Waals surface area contributed by atoms with E-state index in [0.29, 0.717) is 5.82 Å². The molecule has 156 valence electrons. The average Bonchev–Trinajstić information content (AvgIpc) is 3.42. The maximum absolute atomic E-state index is 13.3. The summed E-state index contributed by atoms with van der Waals surface area (Å²) in [7, 11) is -3.89. The molecule has 0 fully saturated rings. The van der Waals surface area contributed by atoms with Gasteiger partial charge in [-0.25, -0.2) is 13.4 Å². The van der Waals surface area contributed by atoms with Gasteiger partial charge in [-0.05, 0) is 48.2 Å². The number of halogens is 1. The minimum Gasteiger partial charge on any atom is -0.362 e. The molecule has 5 rings (SSSR count). The number of nitrogens with one attached hydrogen (secondary N) is 1. The average molecular weight is 514 g/mol. The van der Waals surface area contributed by atoms with E-state index in [0.717, 1.165) is 20.3 Å². The van der Waals surface area contributed by atoms with Crippen molar-refractivity contribution in [3.05, 3.63) is 76.1 Å². The van der Waals surface area contributed by atoms with Gasteiger partial charge in [-0.15, -0.1) is 16.4 Å². The maximum Gasteiger partial charge on any atom is 0.229 e. The van der Waals surface area contributed by atoms with Crippen molar-refractivity contribution >= 4 is 58.8 Å². The van der Waals surface area contributed by atoms with Gasteiger partial charge in [-0.1, -0.05) is 51.5 Å². The molecular formula is C21H16BrN5O2S2. The van der Waals surface area contributed by atoms with Crippen molar-refractivity contribution in [3.63, 3.8) is 0 Å². The molecule has 5 aromatic rings. The molecule has 1 atom stereocenters. The minimum absolute atomic E-state index is 0.0242. The van der Waals surface area contributed by atoms with Crippen LogP contribution in [0.15, 0.2) is 80.4 Å². The summed E-state index contributed by atoms with van der Waals surface area (Å²) in [6.45, 7) is 2.04. The third-order valence-corrected chi connectivity index (χ3v) is 8.06. The molecule has 0 unspecified atom stereocenters. The van der Waals surface area contributed by atoms with E-state index < -0.39 is 9.84 Å². The van der Waals surface area contributed by atoms with E-state index in [2.05, 4.69) is 36.5 Å². The first-order valence-electron chi connectivity index (χ1n) is 9.40. The lowest BCUT2D eigenvalue weighted by molar-refractivity contribution is 0.592. The fraction of sp³-hybridized carbons (Fsp3) is 0.0952. The van der Waals surface area contributed by atoms with E-state index in [1.807, 2.05) is 48.7 Å². The molecule has 3 heterocycles. The fourth-order valence-corrected chi connectivity index (χ4v) is 5.67. The van der Waals surface area contributed by atoms with Gasteiger partial charge in [0.1, 0.15) is 5.82 Å². The van der Waals surface area contributed by atoms with Crippen molar-refractivity contribution in [1.82, 2.24) is 19.8 Å². The van der Waals surface area contributed by atoms with Gasteiger partial charge < -0.3 is 5.32 Å². The Morgan fingerprint density at radius 1 is 1.06 bits per heavy atom. The van der Waals surface area contributed by atoms with Gasteiger partial charge in [-0.3, -0.25) is 0 Å². The Hall–Kier alpha value is -2.82. The molecule has 0 amide bonds. The van der Waals surface area contributed by atoms with Gasteiger partial charge in [0.15, 0.2) is 5.65 Å². The Labute approximate surface area is 190 Å². The van der Waals surface area contributed by atoms with Crippen LogP contribution in [0, 0.1) is 0 Å². The summed E-state index contributed by atoms with van der Waals surface area (Å²) in [6, 6.07) is 18.3. The van der Waals surface area contributed by atoms with Crippen LogP contribution < -0.4 is 5.32 Å². The van der Waals surface area contributed by atoms with Crippen LogP contribution in [0.25, 0.3) is 15.9 Å². The van der Waals surface area contributed by atoms with E-state index in [9.17, 15) is 8.42 Å². The Kier molecular flexibility index (Phi) is 4.99. The second-order valence-electron chi connectivity index (χ2n) is 6.96. The highest BCUT2D eigenvalue weighted by Crippen LogP contribution is 2.33. The van der Waals surface area contributed by atoms with Gasteiger partial charge in [0.05, 0.1) is 15.1 Å². The van der Waals surface area contributed by atoms with Crippen molar-refractivity contribution in [1.29, 1.82) is 0 Å². The molecule has 0 radical (unpaired) electrons. The molecule has 10 heteroatoms. The second kappa shape index (κ2) is 7.70. The lowest BCUT2D eigenvalue weighted by Crippen LogP contribution is -2.10. The zero-order chi connectivity index (χ0) is 21.6. The molecule has 0 aliphatic carbocycles. The van der Waals surface area contributed by atoms with Crippen molar-refractivity contribution < 1.29 is 8.42 Å². The van der Waals surface area contributed by atoms with Crippen LogP contribution in [-0.2, 0) is 9.84 Å². The Balaban J connectivity index is 1.66. The lowest BCUT2D eigenvalue weighted by Gasteiger charge is -2.15. The first-order chi connectivity index (χ1) is 14.9. The number of anilines is 1. The van der Waals surface area contributed by atoms with Crippen molar-refractivity contribution in [2.75, 3.05) is 5.32 Å². The predicted molar refractivity (Wildman–Crippen MR) is 124 cm³/mol. The molecule has 31 heavy (non-hydrogen) atoms. The van der Waals surface area contributed by atoms with Gasteiger partial charge in [0.2, 0.25) is 14.9 Å². The van der Waals surface area contributed by atoms with Crippen LogP contribution in [0.3, 0.4) is 0 Å². The number of hydrogen-bond donors (Lipinski definition) is 1. The molecule has 1 N–H and O–H groups in total. The summed E-state index contributed by atoms with van der Waals surface area (Å²) in [5.74, 6) is 0.600. The first kappa shape index (κ1) is 20.1. The van der Waals surface area contributed by atoms with E-state index in [-0.39, 0.29) is 21.6 Å². The van der Waals surface area contributed by atoms with Crippen LogP contribution in [0.4, 0.5) is 5.82 Å². The van der Waals surface area contributed by atoms with Gasteiger partial charge >= 0.3 is 0 Å². The largest absolute Gasteiger partial charge is 0.362 e. The molecule has 0 aliphatic rings. The van der Waals surface area contributed by atoms with Crippen LogP contribution in [0.2, 0.25) is 0 Å². The Morgan fingerprint density at radius 2 is 1.81 bits per heavy atom. The first-order valence-corrected chi connectivity index (χ1v) is 12.6. The molecular weight excluding hydrogens is 498 g/mol. The van der Waals surface area contributed by atoms with E-state index in [4.69, 9.17) is 0 Å². The van der Waals surface area contributed by atoms with Crippen LogP contribution in [0.5, 0.6) is 0 Å². The third-order valence-electron chi connectivity index (χ3n) is 4.95. The highest BCUT2D eigenvalue weighted by molar-refractivity contribution is 9.10. The minimum atomic E-state index is -3.89. The SMILES string of the molecule is C[C@H](Nc1nc2c(S(=O)(=O)c3ccc(Br)cc3)nnn2c2ccsc12)c1ccccc1. The standard InChI is InChI=1S/C21H16BrN5O2S2/c1-13(14-5-3-2-4-6-14)23-19-18-17(11-12-30-18)27-20(24-19)21(25-26-27)31(28,29)16-9-7-15(22)8-10-16/h2-13H,1H3,(H,23,24)/t13-/m0/s1. The summed E-state index contributed by atoms with van der Waals surface area (Å²) >= 11 is 4.84. The van der Waals surface area contributed by atoms with Crippen LogP contribution in [-0.4, -0.2) is 28.2 Å². The van der Waals surface area contributed by atoms with Crippen LogP contribution >= 0.6 is 27.3 Å². The zero-order valence-corrected chi connectivity index (χ0v) is 19.4. The molecule has 0 saturated heterocycles. The van der Waals surface area contributed by atoms with E-state index >= 15 is 0 Å². The second-order valence-corrected chi connectivity index (χ2v) is 10.7. The number of benzene rings is 2. The monoisotopic (exact) mass is 513 g/mol. The highest BCUT2D eigenvalue weighted by atomic mass is 79.9. The maximum atomic E-state index is 13.3. The fourth-order valence-electron chi connectivity index (χ4n) is 3.35. The third kappa shape index (κ3) is 3.50. The number of fused-ring (bicyclic) bond motifs is 3. The quantitative estimate of drug-likeness (QED) is 0.351. The number of sulfone groups is 1. The summed E-state index contributed by atoms with van der Waals surface area (Å²) in [5.41, 5.74) is 2.04. The molecule has 7 nitrogen and oxygen atoms in total. The molecule has 0 saturated carbocycles. The number of thiophene rings is 1. The summed E-state index contributed by atoms with van der Waals surface area (Å²) in [4.78, 5) is 4.80. The molecule has 3 aromatic heterocycles. The topological polar surface area (TPSA) is 89.2 Å². The van der Waals surface area contributed by atoms with Gasteiger partial charge in [-0.2, -0.15) is 4.52 Å². The summed E-state index contributed by atoms with van der Waals surface area (Å²) < 4.78 is 29.7. The summed E-state index contributed by atoms with van der Waals surface area (Å²) in [5, 5.41) is 13.3. The molecule has 2 aromatic carbocycles. The molecule has 0 aliphatic heterocycles. The van der Waals surface area contributed by atoms with Crippen LogP contribution in [0.1, 0.15) is 18.5 Å². The Bertz CT molecular complexity index is 1500. The number of rotatable bonds is 5. The van der Waals surface area contributed by atoms with Crippen molar-refractivity contribution in [2.24, 2.45) is 0 Å². The predicted octanol–water partition coefficient (Wildman–Crippen LogP) is 5.11. The number of aromatic nitrogens is 4. The van der Waals surface area contributed by atoms with E-state index in [1.54, 1.807) is 12.1 Å². The number of hydrogen-bond acceptors (Lipinski definition) is 7. The summed E-state index contributed by atoms with van der Waals surface area (Å²) in [6.07, 6.45) is 0. The van der Waals surface area contributed by atoms with Crippen molar-refractivity contribution in [2.45, 2.75) is 22.9 Å². The van der Waals surface area contributed by atoms with E-state index in [1.165, 1.54) is 28.0 Å². The Morgan fingerprint density at radius 3 is 2.55 bits per heavy atom. The lowest BCUT2D eigenvalue weighted by atomic mass is 10.1. The van der Waals surface area contributed by atoms with Gasteiger partial charge in [0.25, 0.3) is 0 Å². The number of nitrogens with zero attached hydrogens (tertiary/aromatic N) is 4. The normalized spacial score (nSPS) is 13.0.